The van der Waals surface area contributed by atoms with E-state index in [0.29, 0.717) is 0 Å². The minimum Gasteiger partial charge on any atom is -0.324 e. The standard InChI is InChI=1S/C13H17F3N2O/c1-3-9(2)17-8-12(19)18-11-7-5-4-6-10(11)13(14,15)16/h4-7,9,17H,3,8H2,1-2H3,(H,18,19)/t9-/m0/s1. The Morgan fingerprint density at radius 2 is 1.95 bits per heavy atom. The first-order chi connectivity index (χ1) is 8.84. The summed E-state index contributed by atoms with van der Waals surface area (Å²) in [5.41, 5.74) is -1.06. The van der Waals surface area contributed by atoms with Crippen LogP contribution in [0.2, 0.25) is 0 Å². The molecular weight excluding hydrogens is 257 g/mol. The van der Waals surface area contributed by atoms with Gasteiger partial charge in [-0.1, -0.05) is 19.1 Å². The van der Waals surface area contributed by atoms with Crippen molar-refractivity contribution in [1.29, 1.82) is 0 Å². The van der Waals surface area contributed by atoms with Crippen molar-refractivity contribution in [3.63, 3.8) is 0 Å². The molecule has 1 aromatic carbocycles. The highest BCUT2D eigenvalue weighted by atomic mass is 19.4. The lowest BCUT2D eigenvalue weighted by molar-refractivity contribution is -0.137. The van der Waals surface area contributed by atoms with Crippen LogP contribution in [0.15, 0.2) is 24.3 Å². The van der Waals surface area contributed by atoms with Crippen LogP contribution in [-0.4, -0.2) is 18.5 Å². The second-order valence-electron chi connectivity index (χ2n) is 4.28. The molecule has 1 rings (SSSR count). The number of amides is 1. The molecule has 0 aliphatic heterocycles. The first-order valence-corrected chi connectivity index (χ1v) is 6.04. The van der Waals surface area contributed by atoms with Crippen LogP contribution in [0.25, 0.3) is 0 Å². The van der Waals surface area contributed by atoms with Gasteiger partial charge in [-0.15, -0.1) is 0 Å². The molecule has 0 aromatic heterocycles. The second-order valence-corrected chi connectivity index (χ2v) is 4.28. The zero-order valence-corrected chi connectivity index (χ0v) is 10.8. The topological polar surface area (TPSA) is 41.1 Å². The lowest BCUT2D eigenvalue weighted by Gasteiger charge is -2.15. The van der Waals surface area contributed by atoms with Gasteiger partial charge in [-0.2, -0.15) is 13.2 Å². The lowest BCUT2D eigenvalue weighted by atomic mass is 10.1. The summed E-state index contributed by atoms with van der Waals surface area (Å²) in [7, 11) is 0. The zero-order chi connectivity index (χ0) is 14.5. The predicted octanol–water partition coefficient (Wildman–Crippen LogP) is 3.03. The SMILES string of the molecule is CC[C@H](C)NCC(=O)Nc1ccccc1C(F)(F)F. The van der Waals surface area contributed by atoms with E-state index >= 15 is 0 Å². The van der Waals surface area contributed by atoms with Gasteiger partial charge in [0, 0.05) is 6.04 Å². The molecule has 19 heavy (non-hydrogen) atoms. The highest BCUT2D eigenvalue weighted by Gasteiger charge is 2.33. The zero-order valence-electron chi connectivity index (χ0n) is 10.8. The monoisotopic (exact) mass is 274 g/mol. The van der Waals surface area contributed by atoms with Crippen molar-refractivity contribution in [1.82, 2.24) is 5.32 Å². The van der Waals surface area contributed by atoms with E-state index in [1.807, 2.05) is 13.8 Å². The van der Waals surface area contributed by atoms with E-state index in [1.54, 1.807) is 0 Å². The van der Waals surface area contributed by atoms with Crippen molar-refractivity contribution < 1.29 is 18.0 Å². The number of para-hydroxylation sites is 1. The average molecular weight is 274 g/mol. The highest BCUT2D eigenvalue weighted by molar-refractivity contribution is 5.93. The molecule has 3 nitrogen and oxygen atoms in total. The Hall–Kier alpha value is -1.56. The second kappa shape index (κ2) is 6.56. The largest absolute Gasteiger partial charge is 0.418 e. The van der Waals surface area contributed by atoms with Gasteiger partial charge in [0.15, 0.2) is 0 Å². The maximum absolute atomic E-state index is 12.7. The van der Waals surface area contributed by atoms with E-state index in [2.05, 4.69) is 10.6 Å². The van der Waals surface area contributed by atoms with E-state index in [0.717, 1.165) is 12.5 Å². The van der Waals surface area contributed by atoms with E-state index < -0.39 is 17.6 Å². The lowest BCUT2D eigenvalue weighted by Crippen LogP contribution is -2.34. The third-order valence-electron chi connectivity index (χ3n) is 2.73. The van der Waals surface area contributed by atoms with Crippen LogP contribution in [0.5, 0.6) is 0 Å². The van der Waals surface area contributed by atoms with Crippen molar-refractivity contribution >= 4 is 11.6 Å². The minimum atomic E-state index is -4.48. The number of halogens is 3. The fourth-order valence-corrected chi connectivity index (χ4v) is 1.44. The van der Waals surface area contributed by atoms with E-state index in [4.69, 9.17) is 0 Å². The molecule has 6 heteroatoms. The number of benzene rings is 1. The van der Waals surface area contributed by atoms with E-state index in [9.17, 15) is 18.0 Å². The molecule has 0 aliphatic rings. The summed E-state index contributed by atoms with van der Waals surface area (Å²) in [5, 5.41) is 5.19. The number of carbonyl (C=O) groups is 1. The predicted molar refractivity (Wildman–Crippen MR) is 67.8 cm³/mol. The van der Waals surface area contributed by atoms with Gasteiger partial charge in [0.1, 0.15) is 0 Å². The van der Waals surface area contributed by atoms with Crippen molar-refractivity contribution in [2.75, 3.05) is 11.9 Å². The molecular formula is C13H17F3N2O. The molecule has 0 saturated heterocycles. The number of nitrogens with one attached hydrogen (secondary N) is 2. The third-order valence-corrected chi connectivity index (χ3v) is 2.73. The third kappa shape index (κ3) is 4.90. The van der Waals surface area contributed by atoms with Crippen molar-refractivity contribution in [3.8, 4) is 0 Å². The van der Waals surface area contributed by atoms with Crippen molar-refractivity contribution in [2.24, 2.45) is 0 Å². The normalized spacial score (nSPS) is 13.1. The Labute approximate surface area is 110 Å². The molecule has 0 unspecified atom stereocenters. The van der Waals surface area contributed by atoms with Gasteiger partial charge in [0.2, 0.25) is 5.91 Å². The fraction of sp³-hybridized carbons (Fsp3) is 0.462. The summed E-state index contributed by atoms with van der Waals surface area (Å²) >= 11 is 0. The number of hydrogen-bond acceptors (Lipinski definition) is 2. The van der Waals surface area contributed by atoms with Gasteiger partial charge in [0.25, 0.3) is 0 Å². The van der Waals surface area contributed by atoms with Gasteiger partial charge in [-0.05, 0) is 25.5 Å². The Morgan fingerprint density at radius 3 is 2.53 bits per heavy atom. The van der Waals surface area contributed by atoms with Crippen LogP contribution in [0.1, 0.15) is 25.8 Å². The minimum absolute atomic E-state index is 0.0127. The van der Waals surface area contributed by atoms with Crippen molar-refractivity contribution in [2.45, 2.75) is 32.5 Å². The Bertz CT molecular complexity index is 432. The summed E-state index contributed by atoms with van der Waals surface area (Å²) < 4.78 is 38.1. The Morgan fingerprint density at radius 1 is 1.32 bits per heavy atom. The summed E-state index contributed by atoms with van der Waals surface area (Å²) in [4.78, 5) is 11.6. The number of anilines is 1. The summed E-state index contributed by atoms with van der Waals surface area (Å²) in [6, 6.07) is 5.06. The number of rotatable bonds is 5. The van der Waals surface area contributed by atoms with Gasteiger partial charge >= 0.3 is 6.18 Å². The summed E-state index contributed by atoms with van der Waals surface area (Å²) in [5.74, 6) is -0.489. The smallest absolute Gasteiger partial charge is 0.324 e. The molecule has 0 heterocycles. The van der Waals surface area contributed by atoms with Gasteiger partial charge in [-0.3, -0.25) is 4.79 Å². The molecule has 0 aliphatic carbocycles. The highest BCUT2D eigenvalue weighted by Crippen LogP contribution is 2.34. The number of hydrogen-bond donors (Lipinski definition) is 2. The molecule has 0 spiro atoms. The van der Waals surface area contributed by atoms with Gasteiger partial charge in [0.05, 0.1) is 17.8 Å². The van der Waals surface area contributed by atoms with E-state index in [-0.39, 0.29) is 18.3 Å². The summed E-state index contributed by atoms with van der Waals surface area (Å²) in [6.07, 6.45) is -3.64. The Balaban J connectivity index is 2.70. The molecule has 0 fully saturated rings. The van der Waals surface area contributed by atoms with Crippen LogP contribution < -0.4 is 10.6 Å². The number of alkyl halides is 3. The van der Waals surface area contributed by atoms with Crippen LogP contribution in [0.4, 0.5) is 18.9 Å². The Kier molecular flexibility index (Phi) is 5.35. The molecule has 0 saturated carbocycles. The first kappa shape index (κ1) is 15.5. The quantitative estimate of drug-likeness (QED) is 0.866. The molecule has 1 atom stereocenters. The first-order valence-electron chi connectivity index (χ1n) is 6.04. The van der Waals surface area contributed by atoms with Crippen LogP contribution in [0.3, 0.4) is 0 Å². The molecule has 106 valence electrons. The maximum Gasteiger partial charge on any atom is 0.418 e. The van der Waals surface area contributed by atoms with Crippen LogP contribution >= 0.6 is 0 Å². The van der Waals surface area contributed by atoms with Crippen LogP contribution in [0, 0.1) is 0 Å². The van der Waals surface area contributed by atoms with Crippen LogP contribution in [-0.2, 0) is 11.0 Å². The maximum atomic E-state index is 12.7. The molecule has 1 amide bonds. The summed E-state index contributed by atoms with van der Waals surface area (Å²) in [6.45, 7) is 3.84. The molecule has 0 bridgehead atoms. The molecule has 1 aromatic rings. The average Bonchev–Trinajstić information content (AvgIpc) is 2.35. The van der Waals surface area contributed by atoms with E-state index in [1.165, 1.54) is 18.2 Å². The fourth-order valence-electron chi connectivity index (χ4n) is 1.44. The molecule has 2 N–H and O–H groups in total. The molecule has 0 radical (unpaired) electrons. The van der Waals surface area contributed by atoms with Crippen molar-refractivity contribution in [3.05, 3.63) is 29.8 Å². The number of carbonyl (C=O) groups excluding carboxylic acids is 1. The van der Waals surface area contributed by atoms with Gasteiger partial charge < -0.3 is 10.6 Å². The van der Waals surface area contributed by atoms with Gasteiger partial charge in [-0.25, -0.2) is 0 Å².